The van der Waals surface area contributed by atoms with E-state index < -0.39 is 6.43 Å². The minimum Gasteiger partial charge on any atom is -0.396 e. The van der Waals surface area contributed by atoms with Crippen molar-refractivity contribution in [3.63, 3.8) is 0 Å². The minimum atomic E-state index is -2.26. The summed E-state index contributed by atoms with van der Waals surface area (Å²) in [7, 11) is 0. The molecule has 3 rings (SSSR count). The Labute approximate surface area is 184 Å². The summed E-state index contributed by atoms with van der Waals surface area (Å²) in [6.07, 6.45) is 1.52. The highest BCUT2D eigenvalue weighted by Crippen LogP contribution is 2.23. The van der Waals surface area contributed by atoms with E-state index in [1.807, 2.05) is 11.8 Å². The van der Waals surface area contributed by atoms with Crippen LogP contribution in [0.5, 0.6) is 0 Å². The van der Waals surface area contributed by atoms with Crippen LogP contribution in [0.1, 0.15) is 38.2 Å². The minimum absolute atomic E-state index is 0.129. The molecule has 2 saturated heterocycles. The van der Waals surface area contributed by atoms with Crippen LogP contribution in [0.2, 0.25) is 0 Å². The van der Waals surface area contributed by atoms with E-state index in [0.717, 1.165) is 56.8 Å². The van der Waals surface area contributed by atoms with Crippen LogP contribution < -0.4 is 15.5 Å². The van der Waals surface area contributed by atoms with Crippen LogP contribution >= 0.6 is 0 Å². The van der Waals surface area contributed by atoms with Gasteiger partial charge in [0.05, 0.1) is 13.1 Å². The average molecular weight is 438 g/mol. The van der Waals surface area contributed by atoms with E-state index in [4.69, 9.17) is 4.99 Å². The van der Waals surface area contributed by atoms with Crippen molar-refractivity contribution in [1.82, 2.24) is 15.5 Å². The number of aliphatic hydroxyl groups is 1. The fraction of sp³-hybridized carbons (Fsp3) is 0.696. The first-order valence-electron chi connectivity index (χ1n) is 11.6. The lowest BCUT2D eigenvalue weighted by Gasteiger charge is -2.33. The molecule has 0 aliphatic carbocycles. The van der Waals surface area contributed by atoms with Crippen molar-refractivity contribution in [2.24, 2.45) is 10.9 Å². The normalized spacial score (nSPS) is 19.8. The lowest BCUT2D eigenvalue weighted by atomic mass is 9.97. The van der Waals surface area contributed by atoms with Crippen LogP contribution in [0.4, 0.5) is 14.5 Å². The molecule has 1 aromatic carbocycles. The smallest absolute Gasteiger partial charge is 0.251 e. The molecule has 0 spiro atoms. The molecule has 0 aromatic heterocycles. The number of halogens is 2. The number of nitrogens with zero attached hydrogens (tertiary/aromatic N) is 3. The van der Waals surface area contributed by atoms with Gasteiger partial charge in [0, 0.05) is 51.1 Å². The number of alkyl halides is 2. The Morgan fingerprint density at radius 3 is 2.35 bits per heavy atom. The van der Waals surface area contributed by atoms with E-state index in [1.165, 1.54) is 5.69 Å². The number of rotatable bonds is 8. The zero-order chi connectivity index (χ0) is 22.1. The zero-order valence-electron chi connectivity index (χ0n) is 18.6. The van der Waals surface area contributed by atoms with E-state index in [1.54, 1.807) is 0 Å². The standard InChI is InChI=1S/C23H37F2N5O/c1-2-26-23(28-20-9-11-29(12-10-20)16-22(24)25)27-15-18-3-5-21(6-4-18)30-13-7-19(17-31)8-14-30/h3-6,19-20,22,31H,2,7-17H2,1H3,(H2,26,27,28). The molecule has 2 aliphatic heterocycles. The van der Waals surface area contributed by atoms with Gasteiger partial charge in [0.25, 0.3) is 6.43 Å². The van der Waals surface area contributed by atoms with Gasteiger partial charge in [-0.1, -0.05) is 12.1 Å². The van der Waals surface area contributed by atoms with Gasteiger partial charge in [0.15, 0.2) is 5.96 Å². The fourth-order valence-corrected chi connectivity index (χ4v) is 4.32. The third kappa shape index (κ3) is 7.61. The van der Waals surface area contributed by atoms with E-state index in [-0.39, 0.29) is 12.6 Å². The first-order valence-corrected chi connectivity index (χ1v) is 11.6. The molecule has 2 aliphatic rings. The van der Waals surface area contributed by atoms with Crippen molar-refractivity contribution in [2.75, 3.05) is 50.8 Å². The number of hydrogen-bond donors (Lipinski definition) is 3. The van der Waals surface area contributed by atoms with Gasteiger partial charge in [0.1, 0.15) is 0 Å². The summed E-state index contributed by atoms with van der Waals surface area (Å²) in [5.74, 6) is 1.23. The molecule has 8 heteroatoms. The molecular weight excluding hydrogens is 400 g/mol. The van der Waals surface area contributed by atoms with E-state index in [2.05, 4.69) is 39.8 Å². The van der Waals surface area contributed by atoms with Crippen molar-refractivity contribution in [3.05, 3.63) is 29.8 Å². The zero-order valence-corrected chi connectivity index (χ0v) is 18.6. The molecule has 31 heavy (non-hydrogen) atoms. The van der Waals surface area contributed by atoms with Crippen LogP contribution in [-0.4, -0.2) is 74.3 Å². The molecule has 1 aromatic rings. The second kappa shape index (κ2) is 12.2. The number of likely N-dealkylation sites (tertiary alicyclic amines) is 1. The van der Waals surface area contributed by atoms with Crippen LogP contribution in [-0.2, 0) is 6.54 Å². The van der Waals surface area contributed by atoms with Crippen LogP contribution in [0.15, 0.2) is 29.3 Å². The molecule has 0 bridgehead atoms. The van der Waals surface area contributed by atoms with Gasteiger partial charge in [-0.25, -0.2) is 13.8 Å². The van der Waals surface area contributed by atoms with Crippen molar-refractivity contribution in [3.8, 4) is 0 Å². The first-order chi connectivity index (χ1) is 15.1. The summed E-state index contributed by atoms with van der Waals surface area (Å²) in [4.78, 5) is 8.94. The Morgan fingerprint density at radius 1 is 1.10 bits per heavy atom. The number of nitrogens with one attached hydrogen (secondary N) is 2. The lowest BCUT2D eigenvalue weighted by Crippen LogP contribution is -2.49. The van der Waals surface area contributed by atoms with E-state index in [0.29, 0.717) is 32.2 Å². The van der Waals surface area contributed by atoms with Gasteiger partial charge in [0.2, 0.25) is 0 Å². The molecule has 0 unspecified atom stereocenters. The maximum Gasteiger partial charge on any atom is 0.251 e. The largest absolute Gasteiger partial charge is 0.396 e. The highest BCUT2D eigenvalue weighted by Gasteiger charge is 2.22. The number of aliphatic hydroxyl groups excluding tert-OH is 1. The van der Waals surface area contributed by atoms with Crippen molar-refractivity contribution >= 4 is 11.6 Å². The highest BCUT2D eigenvalue weighted by atomic mass is 19.3. The first kappa shape index (κ1) is 23.7. The average Bonchev–Trinajstić information content (AvgIpc) is 2.79. The Hall–Kier alpha value is -1.93. The van der Waals surface area contributed by atoms with Crippen LogP contribution in [0.25, 0.3) is 0 Å². The molecule has 0 amide bonds. The highest BCUT2D eigenvalue weighted by molar-refractivity contribution is 5.80. The maximum absolute atomic E-state index is 12.6. The Morgan fingerprint density at radius 2 is 1.77 bits per heavy atom. The third-order valence-corrected chi connectivity index (χ3v) is 6.26. The monoisotopic (exact) mass is 437 g/mol. The number of guanidine groups is 1. The quantitative estimate of drug-likeness (QED) is 0.431. The molecule has 0 radical (unpaired) electrons. The molecule has 0 saturated carbocycles. The number of anilines is 1. The molecule has 0 atom stereocenters. The lowest BCUT2D eigenvalue weighted by molar-refractivity contribution is 0.0744. The second-order valence-corrected chi connectivity index (χ2v) is 8.58. The number of benzene rings is 1. The van der Waals surface area contributed by atoms with Crippen molar-refractivity contribution in [2.45, 2.75) is 51.6 Å². The van der Waals surface area contributed by atoms with Crippen molar-refractivity contribution in [1.29, 1.82) is 0 Å². The second-order valence-electron chi connectivity index (χ2n) is 8.58. The number of hydrogen-bond acceptors (Lipinski definition) is 4. The summed E-state index contributed by atoms with van der Waals surface area (Å²) in [6.45, 7) is 6.94. The molecule has 2 heterocycles. The van der Waals surface area contributed by atoms with Gasteiger partial charge in [-0.3, -0.25) is 4.90 Å². The molecule has 3 N–H and O–H groups in total. The summed E-state index contributed by atoms with van der Waals surface area (Å²) < 4.78 is 25.1. The van der Waals surface area contributed by atoms with E-state index >= 15 is 0 Å². The Balaban J connectivity index is 1.49. The van der Waals surface area contributed by atoms with Gasteiger partial charge >= 0.3 is 0 Å². The Bertz CT molecular complexity index is 669. The molecule has 6 nitrogen and oxygen atoms in total. The number of aliphatic imine (C=N–C) groups is 1. The van der Waals surface area contributed by atoms with Gasteiger partial charge in [-0.15, -0.1) is 0 Å². The summed E-state index contributed by atoms with van der Waals surface area (Å²) in [5.41, 5.74) is 2.38. The summed E-state index contributed by atoms with van der Waals surface area (Å²) in [5, 5.41) is 16.1. The van der Waals surface area contributed by atoms with Gasteiger partial charge < -0.3 is 20.6 Å². The molecule has 174 valence electrons. The maximum atomic E-state index is 12.6. The fourth-order valence-electron chi connectivity index (χ4n) is 4.32. The third-order valence-electron chi connectivity index (χ3n) is 6.26. The summed E-state index contributed by atoms with van der Waals surface area (Å²) >= 11 is 0. The van der Waals surface area contributed by atoms with Gasteiger partial charge in [-0.2, -0.15) is 0 Å². The van der Waals surface area contributed by atoms with Gasteiger partial charge in [-0.05, 0) is 56.2 Å². The Kier molecular flexibility index (Phi) is 9.33. The predicted molar refractivity (Wildman–Crippen MR) is 122 cm³/mol. The summed E-state index contributed by atoms with van der Waals surface area (Å²) in [6, 6.07) is 8.83. The van der Waals surface area contributed by atoms with Crippen LogP contribution in [0, 0.1) is 5.92 Å². The SMILES string of the molecule is CCNC(=NCc1ccc(N2CCC(CO)CC2)cc1)NC1CCN(CC(F)F)CC1. The topological polar surface area (TPSA) is 63.1 Å². The predicted octanol–water partition coefficient (Wildman–Crippen LogP) is 2.68. The number of piperidine rings is 2. The van der Waals surface area contributed by atoms with Crippen molar-refractivity contribution < 1.29 is 13.9 Å². The molecule has 2 fully saturated rings. The molecular formula is C23H37F2N5O. The van der Waals surface area contributed by atoms with Crippen LogP contribution in [0.3, 0.4) is 0 Å². The van der Waals surface area contributed by atoms with E-state index in [9.17, 15) is 13.9 Å².